The van der Waals surface area contributed by atoms with Gasteiger partial charge in [0.05, 0.1) is 6.61 Å². The van der Waals surface area contributed by atoms with Crippen molar-refractivity contribution in [1.82, 2.24) is 5.32 Å². The fraction of sp³-hybridized carbons (Fsp3) is 0.647. The molecule has 0 aromatic heterocycles. The molecule has 0 saturated heterocycles. The molecule has 1 aliphatic carbocycles. The summed E-state index contributed by atoms with van der Waals surface area (Å²) in [4.78, 5) is 2.43. The van der Waals surface area contributed by atoms with Gasteiger partial charge in [0.2, 0.25) is 0 Å². The first-order valence-electron chi connectivity index (χ1n) is 7.80. The summed E-state index contributed by atoms with van der Waals surface area (Å²) in [5.41, 5.74) is 2.74. The molecule has 1 fully saturated rings. The Morgan fingerprint density at radius 3 is 2.75 bits per heavy atom. The first-order chi connectivity index (χ1) is 9.81. The van der Waals surface area contributed by atoms with Gasteiger partial charge in [-0.1, -0.05) is 31.0 Å². The predicted octanol–water partition coefficient (Wildman–Crippen LogP) is 3.05. The minimum atomic E-state index is 0.764. The number of anilines is 1. The van der Waals surface area contributed by atoms with Gasteiger partial charge < -0.3 is 15.0 Å². The topological polar surface area (TPSA) is 24.5 Å². The quantitative estimate of drug-likeness (QED) is 0.739. The number of methoxy groups -OCH3 is 1. The fourth-order valence-corrected chi connectivity index (χ4v) is 3.11. The van der Waals surface area contributed by atoms with Crippen molar-refractivity contribution < 1.29 is 4.74 Å². The molecule has 0 spiro atoms. The van der Waals surface area contributed by atoms with Crippen LogP contribution >= 0.6 is 0 Å². The summed E-state index contributed by atoms with van der Waals surface area (Å²) in [6.45, 7) is 3.76. The van der Waals surface area contributed by atoms with Gasteiger partial charge in [0.1, 0.15) is 0 Å². The molecular weight excluding hydrogens is 248 g/mol. The standard InChI is InChI=1S/C17H28N2O/c1-19(14-15-7-3-4-8-15)17-10-6-5-9-16(17)13-18-11-12-20-2/h5-6,9-10,15,18H,3-4,7-8,11-14H2,1-2H3. The zero-order valence-electron chi connectivity index (χ0n) is 12.9. The summed E-state index contributed by atoms with van der Waals surface area (Å²) in [5, 5.41) is 3.44. The molecule has 20 heavy (non-hydrogen) atoms. The van der Waals surface area contributed by atoms with E-state index in [-0.39, 0.29) is 0 Å². The lowest BCUT2D eigenvalue weighted by molar-refractivity contribution is 0.199. The maximum absolute atomic E-state index is 5.07. The third kappa shape index (κ3) is 4.50. The van der Waals surface area contributed by atoms with Gasteiger partial charge in [-0.3, -0.25) is 0 Å². The summed E-state index contributed by atoms with van der Waals surface area (Å²) < 4.78 is 5.07. The maximum atomic E-state index is 5.07. The van der Waals surface area contributed by atoms with Gasteiger partial charge in [-0.05, 0) is 30.4 Å². The molecule has 112 valence electrons. The molecule has 0 aliphatic heterocycles. The number of rotatable bonds is 8. The van der Waals surface area contributed by atoms with Crippen molar-refractivity contribution in [2.45, 2.75) is 32.2 Å². The van der Waals surface area contributed by atoms with E-state index in [0.29, 0.717) is 0 Å². The molecule has 1 aliphatic rings. The van der Waals surface area contributed by atoms with Crippen LogP contribution in [0.4, 0.5) is 5.69 Å². The van der Waals surface area contributed by atoms with E-state index in [4.69, 9.17) is 4.74 Å². The van der Waals surface area contributed by atoms with Crippen molar-refractivity contribution in [2.24, 2.45) is 5.92 Å². The average Bonchev–Trinajstić information content (AvgIpc) is 2.97. The smallest absolute Gasteiger partial charge is 0.0587 e. The Kier molecular flexibility index (Phi) is 6.34. The summed E-state index contributed by atoms with van der Waals surface area (Å²) in [7, 11) is 3.97. The second-order valence-electron chi connectivity index (χ2n) is 5.83. The van der Waals surface area contributed by atoms with Gasteiger partial charge >= 0.3 is 0 Å². The zero-order chi connectivity index (χ0) is 14.2. The van der Waals surface area contributed by atoms with Crippen molar-refractivity contribution in [2.75, 3.05) is 38.8 Å². The Morgan fingerprint density at radius 2 is 2.00 bits per heavy atom. The van der Waals surface area contributed by atoms with Crippen LogP contribution in [0.3, 0.4) is 0 Å². The lowest BCUT2D eigenvalue weighted by atomic mass is 10.1. The van der Waals surface area contributed by atoms with E-state index in [2.05, 4.69) is 41.5 Å². The van der Waals surface area contributed by atoms with Crippen molar-refractivity contribution >= 4 is 5.69 Å². The molecule has 0 unspecified atom stereocenters. The summed E-state index contributed by atoms with van der Waals surface area (Å²) >= 11 is 0. The Bertz CT molecular complexity index is 388. The van der Waals surface area contributed by atoms with Gasteiger partial charge in [0, 0.05) is 39.5 Å². The first kappa shape index (κ1) is 15.3. The van der Waals surface area contributed by atoms with Gasteiger partial charge in [-0.2, -0.15) is 0 Å². The Balaban J connectivity index is 1.91. The van der Waals surface area contributed by atoms with E-state index in [1.165, 1.54) is 43.5 Å². The van der Waals surface area contributed by atoms with Crippen molar-refractivity contribution in [1.29, 1.82) is 0 Å². The molecule has 2 rings (SSSR count). The molecule has 0 radical (unpaired) electrons. The molecule has 0 atom stereocenters. The molecule has 1 saturated carbocycles. The van der Waals surface area contributed by atoms with Crippen LogP contribution < -0.4 is 10.2 Å². The van der Waals surface area contributed by atoms with E-state index < -0.39 is 0 Å². The largest absolute Gasteiger partial charge is 0.383 e. The lowest BCUT2D eigenvalue weighted by Gasteiger charge is -2.25. The van der Waals surface area contributed by atoms with Crippen LogP contribution in [-0.2, 0) is 11.3 Å². The van der Waals surface area contributed by atoms with Crippen LogP contribution in [-0.4, -0.2) is 33.9 Å². The normalized spacial score (nSPS) is 15.7. The second kappa shape index (κ2) is 8.28. The summed E-state index contributed by atoms with van der Waals surface area (Å²) in [6, 6.07) is 8.72. The molecular formula is C17H28N2O. The van der Waals surface area contributed by atoms with Crippen LogP contribution in [0.15, 0.2) is 24.3 Å². The number of ether oxygens (including phenoxy) is 1. The first-order valence-corrected chi connectivity index (χ1v) is 7.80. The molecule has 3 nitrogen and oxygen atoms in total. The highest BCUT2D eigenvalue weighted by molar-refractivity contribution is 5.53. The zero-order valence-corrected chi connectivity index (χ0v) is 12.9. The Labute approximate surface area is 123 Å². The minimum absolute atomic E-state index is 0.764. The molecule has 0 heterocycles. The second-order valence-corrected chi connectivity index (χ2v) is 5.83. The highest BCUT2D eigenvalue weighted by atomic mass is 16.5. The van der Waals surface area contributed by atoms with Gasteiger partial charge in [-0.15, -0.1) is 0 Å². The van der Waals surface area contributed by atoms with E-state index in [1.54, 1.807) is 7.11 Å². The number of nitrogens with zero attached hydrogens (tertiary/aromatic N) is 1. The van der Waals surface area contributed by atoms with Crippen LogP contribution in [0.5, 0.6) is 0 Å². The van der Waals surface area contributed by atoms with Gasteiger partial charge in [0.15, 0.2) is 0 Å². The van der Waals surface area contributed by atoms with Gasteiger partial charge in [-0.25, -0.2) is 0 Å². The molecule has 0 amide bonds. The molecule has 1 aromatic rings. The predicted molar refractivity (Wildman–Crippen MR) is 85.3 cm³/mol. The molecule has 1 N–H and O–H groups in total. The number of benzene rings is 1. The summed E-state index contributed by atoms with van der Waals surface area (Å²) in [5.74, 6) is 0.884. The van der Waals surface area contributed by atoms with Crippen molar-refractivity contribution in [3.8, 4) is 0 Å². The van der Waals surface area contributed by atoms with Crippen molar-refractivity contribution in [3.63, 3.8) is 0 Å². The van der Waals surface area contributed by atoms with Crippen molar-refractivity contribution in [3.05, 3.63) is 29.8 Å². The highest BCUT2D eigenvalue weighted by Gasteiger charge is 2.17. The minimum Gasteiger partial charge on any atom is -0.383 e. The van der Waals surface area contributed by atoms with Crippen LogP contribution in [0.1, 0.15) is 31.2 Å². The Hall–Kier alpha value is -1.06. The molecule has 1 aromatic carbocycles. The number of para-hydroxylation sites is 1. The lowest BCUT2D eigenvalue weighted by Crippen LogP contribution is -2.26. The third-order valence-corrected chi connectivity index (χ3v) is 4.21. The highest BCUT2D eigenvalue weighted by Crippen LogP contribution is 2.28. The third-order valence-electron chi connectivity index (χ3n) is 4.21. The molecule has 0 bridgehead atoms. The van der Waals surface area contributed by atoms with E-state index >= 15 is 0 Å². The van der Waals surface area contributed by atoms with E-state index in [1.807, 2.05) is 0 Å². The summed E-state index contributed by atoms with van der Waals surface area (Å²) in [6.07, 6.45) is 5.63. The van der Waals surface area contributed by atoms with E-state index in [9.17, 15) is 0 Å². The van der Waals surface area contributed by atoms with Gasteiger partial charge in [0.25, 0.3) is 0 Å². The van der Waals surface area contributed by atoms with Crippen LogP contribution in [0.2, 0.25) is 0 Å². The average molecular weight is 276 g/mol. The van der Waals surface area contributed by atoms with E-state index in [0.717, 1.165) is 25.6 Å². The number of hydrogen-bond acceptors (Lipinski definition) is 3. The SMILES string of the molecule is COCCNCc1ccccc1N(C)CC1CCCC1. The molecule has 3 heteroatoms. The number of hydrogen-bond donors (Lipinski definition) is 1. The Morgan fingerprint density at radius 1 is 1.25 bits per heavy atom. The maximum Gasteiger partial charge on any atom is 0.0587 e. The number of nitrogens with one attached hydrogen (secondary N) is 1. The fourth-order valence-electron chi connectivity index (χ4n) is 3.11. The van der Waals surface area contributed by atoms with Crippen LogP contribution in [0.25, 0.3) is 0 Å². The monoisotopic (exact) mass is 276 g/mol. The van der Waals surface area contributed by atoms with Crippen LogP contribution in [0, 0.1) is 5.92 Å².